The third kappa shape index (κ3) is 6.75. The fraction of sp³-hybridized carbons (Fsp3) is 0.240. The monoisotopic (exact) mass is 599 g/mol. The number of benzene rings is 3. The molecule has 0 aliphatic carbocycles. The van der Waals surface area contributed by atoms with Crippen LogP contribution >= 0.6 is 34.8 Å². The molecule has 1 aliphatic heterocycles. The summed E-state index contributed by atoms with van der Waals surface area (Å²) >= 11 is 18.0. The van der Waals surface area contributed by atoms with Crippen LogP contribution in [0.2, 0.25) is 15.1 Å². The molecule has 1 amide bonds. The molecule has 0 unspecified atom stereocenters. The molecule has 202 valence electrons. The van der Waals surface area contributed by atoms with Crippen LogP contribution in [-0.4, -0.2) is 54.3 Å². The Bertz CT molecular complexity index is 1430. The lowest BCUT2D eigenvalue weighted by Gasteiger charge is -2.30. The van der Waals surface area contributed by atoms with Gasteiger partial charge in [-0.2, -0.15) is 0 Å². The summed E-state index contributed by atoms with van der Waals surface area (Å²) in [6.07, 6.45) is 0. The molecule has 0 atom stereocenters. The predicted molar refractivity (Wildman–Crippen MR) is 149 cm³/mol. The van der Waals surface area contributed by atoms with E-state index < -0.39 is 22.5 Å². The molecule has 0 saturated carbocycles. The van der Waals surface area contributed by atoms with Crippen LogP contribution in [0.5, 0.6) is 11.5 Å². The van der Waals surface area contributed by atoms with E-state index in [9.17, 15) is 13.2 Å². The van der Waals surface area contributed by atoms with Gasteiger partial charge in [0, 0.05) is 24.8 Å². The van der Waals surface area contributed by atoms with E-state index in [1.807, 2.05) is 4.90 Å². The number of carbonyl (C=O) groups excluding carboxylic acids is 1. The lowest BCUT2D eigenvalue weighted by molar-refractivity contribution is -0.118. The van der Waals surface area contributed by atoms with E-state index in [2.05, 4.69) is 10.0 Å². The van der Waals surface area contributed by atoms with Crippen LogP contribution in [0.3, 0.4) is 0 Å². The number of methoxy groups -OCH3 is 1. The average Bonchev–Trinajstić information content (AvgIpc) is 2.90. The minimum Gasteiger partial charge on any atom is -0.495 e. The minimum absolute atomic E-state index is 0.0171. The molecule has 2 N–H and O–H groups in total. The van der Waals surface area contributed by atoms with Crippen molar-refractivity contribution < 1.29 is 27.4 Å². The maximum atomic E-state index is 13.6. The second-order valence-corrected chi connectivity index (χ2v) is 11.0. The van der Waals surface area contributed by atoms with E-state index in [1.165, 1.54) is 25.3 Å². The lowest BCUT2D eigenvalue weighted by Crippen LogP contribution is -2.37. The van der Waals surface area contributed by atoms with Gasteiger partial charge in [-0.3, -0.25) is 9.52 Å². The topological polar surface area (TPSA) is 106 Å². The molecule has 3 aromatic carbocycles. The van der Waals surface area contributed by atoms with E-state index in [0.29, 0.717) is 37.7 Å². The summed E-state index contributed by atoms with van der Waals surface area (Å²) in [5, 5.41) is 3.33. The zero-order valence-corrected chi connectivity index (χ0v) is 23.3. The zero-order valence-electron chi connectivity index (χ0n) is 20.2. The second kappa shape index (κ2) is 12.3. The Morgan fingerprint density at radius 3 is 2.42 bits per heavy atom. The van der Waals surface area contributed by atoms with Gasteiger partial charge >= 0.3 is 0 Å². The molecule has 13 heteroatoms. The van der Waals surface area contributed by atoms with Gasteiger partial charge in [-0.1, -0.05) is 46.9 Å². The third-order valence-corrected chi connectivity index (χ3v) is 7.98. The maximum absolute atomic E-state index is 13.6. The number of ether oxygens (including phenoxy) is 3. The molecule has 1 fully saturated rings. The molecule has 3 aromatic rings. The Kier molecular flexibility index (Phi) is 9.11. The molecule has 1 heterocycles. The summed E-state index contributed by atoms with van der Waals surface area (Å²) < 4.78 is 45.9. The third-order valence-electron chi connectivity index (χ3n) is 5.57. The van der Waals surface area contributed by atoms with Gasteiger partial charge in [-0.15, -0.1) is 0 Å². The first kappa shape index (κ1) is 28.1. The fourth-order valence-corrected chi connectivity index (χ4v) is 5.67. The number of hydrogen-bond donors (Lipinski definition) is 2. The first-order chi connectivity index (χ1) is 18.2. The molecule has 0 radical (unpaired) electrons. The fourth-order valence-electron chi connectivity index (χ4n) is 3.76. The van der Waals surface area contributed by atoms with Crippen molar-refractivity contribution in [1.82, 2.24) is 0 Å². The Labute approximate surface area is 235 Å². The molecule has 1 aliphatic rings. The number of amides is 1. The molecule has 38 heavy (non-hydrogen) atoms. The van der Waals surface area contributed by atoms with Crippen LogP contribution in [0.1, 0.15) is 0 Å². The number of rotatable bonds is 9. The Morgan fingerprint density at radius 1 is 0.974 bits per heavy atom. The zero-order chi connectivity index (χ0) is 27.3. The van der Waals surface area contributed by atoms with Gasteiger partial charge in [-0.25, -0.2) is 8.42 Å². The van der Waals surface area contributed by atoms with Crippen molar-refractivity contribution in [3.63, 3.8) is 0 Å². The Hall–Kier alpha value is -2.89. The molecular formula is C25H24Cl3N3O6S. The van der Waals surface area contributed by atoms with Crippen molar-refractivity contribution in [1.29, 1.82) is 0 Å². The van der Waals surface area contributed by atoms with Crippen molar-refractivity contribution in [3.8, 4) is 11.5 Å². The quantitative estimate of drug-likeness (QED) is 0.321. The van der Waals surface area contributed by atoms with Gasteiger partial charge in [0.1, 0.15) is 16.4 Å². The second-order valence-electron chi connectivity index (χ2n) is 8.12. The van der Waals surface area contributed by atoms with E-state index in [1.54, 1.807) is 36.4 Å². The molecule has 0 aromatic heterocycles. The largest absolute Gasteiger partial charge is 0.495 e. The van der Waals surface area contributed by atoms with Gasteiger partial charge in [-0.05, 0) is 36.4 Å². The van der Waals surface area contributed by atoms with Crippen LogP contribution in [0.25, 0.3) is 0 Å². The number of hydrogen-bond acceptors (Lipinski definition) is 7. The summed E-state index contributed by atoms with van der Waals surface area (Å²) in [5.74, 6) is 0.0158. The van der Waals surface area contributed by atoms with Crippen LogP contribution < -0.4 is 24.4 Å². The Morgan fingerprint density at radius 2 is 1.68 bits per heavy atom. The van der Waals surface area contributed by atoms with E-state index in [-0.39, 0.29) is 37.1 Å². The smallest absolute Gasteiger partial charge is 0.264 e. The van der Waals surface area contributed by atoms with Crippen molar-refractivity contribution in [2.24, 2.45) is 0 Å². The molecule has 0 bridgehead atoms. The predicted octanol–water partition coefficient (Wildman–Crippen LogP) is 5.31. The van der Waals surface area contributed by atoms with Gasteiger partial charge in [0.2, 0.25) is 0 Å². The number of para-hydroxylation sites is 2. The first-order valence-electron chi connectivity index (χ1n) is 11.4. The van der Waals surface area contributed by atoms with Gasteiger partial charge in [0.25, 0.3) is 15.9 Å². The summed E-state index contributed by atoms with van der Waals surface area (Å²) in [6, 6.07) is 14.2. The summed E-state index contributed by atoms with van der Waals surface area (Å²) in [7, 11) is -2.64. The van der Waals surface area contributed by atoms with Crippen LogP contribution in [-0.2, 0) is 19.6 Å². The van der Waals surface area contributed by atoms with Crippen molar-refractivity contribution in [2.75, 3.05) is 55.0 Å². The molecule has 1 saturated heterocycles. The van der Waals surface area contributed by atoms with Crippen molar-refractivity contribution in [2.45, 2.75) is 4.90 Å². The maximum Gasteiger partial charge on any atom is 0.264 e. The van der Waals surface area contributed by atoms with Crippen LogP contribution in [0, 0.1) is 0 Å². The SMILES string of the molecule is COc1ccccc1NS(=O)(=O)c1cc(NC(=O)COc2cc(Cl)c(Cl)cc2Cl)ccc1N1CCOCC1. The molecular weight excluding hydrogens is 577 g/mol. The van der Waals surface area contributed by atoms with E-state index >= 15 is 0 Å². The highest BCUT2D eigenvalue weighted by molar-refractivity contribution is 7.93. The normalized spacial score (nSPS) is 13.6. The highest BCUT2D eigenvalue weighted by Crippen LogP contribution is 2.35. The van der Waals surface area contributed by atoms with Crippen molar-refractivity contribution >= 4 is 67.8 Å². The average molecular weight is 601 g/mol. The number of nitrogens with zero attached hydrogens (tertiary/aromatic N) is 1. The number of nitrogens with one attached hydrogen (secondary N) is 2. The Balaban J connectivity index is 1.58. The van der Waals surface area contributed by atoms with Gasteiger partial charge in [0.15, 0.2) is 6.61 Å². The number of halogens is 3. The van der Waals surface area contributed by atoms with Crippen molar-refractivity contribution in [3.05, 3.63) is 69.7 Å². The summed E-state index contributed by atoms with van der Waals surface area (Å²) in [6.45, 7) is 1.56. The van der Waals surface area contributed by atoms with Crippen LogP contribution in [0.4, 0.5) is 17.1 Å². The number of carbonyl (C=O) groups is 1. The molecule has 0 spiro atoms. The lowest BCUT2D eigenvalue weighted by atomic mass is 10.2. The van der Waals surface area contributed by atoms with E-state index in [4.69, 9.17) is 49.0 Å². The number of anilines is 3. The molecule has 9 nitrogen and oxygen atoms in total. The summed E-state index contributed by atoms with van der Waals surface area (Å²) in [4.78, 5) is 14.5. The van der Waals surface area contributed by atoms with Gasteiger partial charge in [0.05, 0.1) is 46.8 Å². The van der Waals surface area contributed by atoms with E-state index in [0.717, 1.165) is 0 Å². The summed E-state index contributed by atoms with van der Waals surface area (Å²) in [5.41, 5.74) is 1.02. The number of morpholine rings is 1. The van der Waals surface area contributed by atoms with Crippen LogP contribution in [0.15, 0.2) is 59.5 Å². The highest BCUT2D eigenvalue weighted by Gasteiger charge is 2.25. The molecule has 4 rings (SSSR count). The first-order valence-corrected chi connectivity index (χ1v) is 14.0. The minimum atomic E-state index is -4.09. The van der Waals surface area contributed by atoms with Gasteiger partial charge < -0.3 is 24.4 Å². The highest BCUT2D eigenvalue weighted by atomic mass is 35.5. The number of sulfonamides is 1. The standard InChI is InChI=1S/C25H24Cl3N3O6S/c1-35-22-5-3-2-4-20(22)30-38(33,34)24-12-16(6-7-21(24)31-8-10-36-11-9-31)29-25(32)15-37-23-14-18(27)17(26)13-19(23)28/h2-7,12-14,30H,8-11,15H2,1H3,(H,29,32).